The summed E-state index contributed by atoms with van der Waals surface area (Å²) in [6.45, 7) is 3.62. The van der Waals surface area contributed by atoms with Crippen LogP contribution in [-0.2, 0) is 11.3 Å². The first kappa shape index (κ1) is 24.7. The SMILES string of the molecule is COc1ccc(C(=O)N=c2scc(C)n2Cc2ccccc2C(=O)NC[C@@H]2CCCO2)cc1OC. The highest BCUT2D eigenvalue weighted by Crippen LogP contribution is 2.27. The Morgan fingerprint density at radius 2 is 1.97 bits per heavy atom. The highest BCUT2D eigenvalue weighted by atomic mass is 32.1. The molecule has 0 unspecified atom stereocenters. The Hall–Kier alpha value is -3.43. The van der Waals surface area contributed by atoms with Crippen LogP contribution in [0.1, 0.15) is 44.8 Å². The van der Waals surface area contributed by atoms with E-state index < -0.39 is 0 Å². The van der Waals surface area contributed by atoms with Gasteiger partial charge in [0, 0.05) is 35.4 Å². The zero-order valence-corrected chi connectivity index (χ0v) is 20.9. The molecule has 4 rings (SSSR count). The lowest BCUT2D eigenvalue weighted by Gasteiger charge is -2.14. The second kappa shape index (κ2) is 11.3. The fourth-order valence-corrected chi connectivity index (χ4v) is 4.85. The molecule has 1 aliphatic heterocycles. The van der Waals surface area contributed by atoms with E-state index in [0.717, 1.165) is 30.7 Å². The molecule has 0 radical (unpaired) electrons. The number of rotatable bonds is 8. The minimum absolute atomic E-state index is 0.0765. The van der Waals surface area contributed by atoms with Crippen molar-refractivity contribution in [3.05, 3.63) is 75.0 Å². The van der Waals surface area contributed by atoms with Gasteiger partial charge in [-0.05, 0) is 49.6 Å². The minimum Gasteiger partial charge on any atom is -0.493 e. The summed E-state index contributed by atoms with van der Waals surface area (Å²) in [6.07, 6.45) is 2.07. The molecule has 1 saturated heterocycles. The van der Waals surface area contributed by atoms with Gasteiger partial charge in [0.05, 0.1) is 26.9 Å². The standard InChI is InChI=1S/C26H29N3O5S/c1-17-16-35-26(28-24(30)18-10-11-22(32-2)23(13-18)33-3)29(17)15-19-7-4-5-9-21(19)25(31)27-14-20-8-6-12-34-20/h4-5,7,9-11,13,16,20H,6,8,12,14-15H2,1-3H3,(H,27,31)/t20-/m0/s1. The Labute approximate surface area is 208 Å². The number of benzene rings is 2. The molecular formula is C26H29N3O5S. The molecule has 2 amide bonds. The third-order valence-corrected chi connectivity index (χ3v) is 6.91. The van der Waals surface area contributed by atoms with Crippen LogP contribution >= 0.6 is 11.3 Å². The van der Waals surface area contributed by atoms with Crippen LogP contribution in [0.3, 0.4) is 0 Å². The first-order valence-corrected chi connectivity index (χ1v) is 12.3. The third-order valence-electron chi connectivity index (χ3n) is 5.92. The Kier molecular flexibility index (Phi) is 7.99. The summed E-state index contributed by atoms with van der Waals surface area (Å²) in [5.41, 5.74) is 2.79. The van der Waals surface area contributed by atoms with Gasteiger partial charge < -0.3 is 24.1 Å². The van der Waals surface area contributed by atoms with Crippen molar-refractivity contribution in [1.82, 2.24) is 9.88 Å². The second-order valence-corrected chi connectivity index (χ2v) is 9.07. The summed E-state index contributed by atoms with van der Waals surface area (Å²) < 4.78 is 18.1. The lowest BCUT2D eigenvalue weighted by molar-refractivity contribution is 0.0856. The highest BCUT2D eigenvalue weighted by molar-refractivity contribution is 7.07. The van der Waals surface area contributed by atoms with E-state index in [4.69, 9.17) is 14.2 Å². The van der Waals surface area contributed by atoms with Crippen LogP contribution in [0, 0.1) is 6.92 Å². The third kappa shape index (κ3) is 5.80. The first-order valence-electron chi connectivity index (χ1n) is 11.4. The van der Waals surface area contributed by atoms with Gasteiger partial charge in [-0.15, -0.1) is 11.3 Å². The van der Waals surface area contributed by atoms with Crippen LogP contribution in [0.4, 0.5) is 0 Å². The van der Waals surface area contributed by atoms with Gasteiger partial charge in [-0.2, -0.15) is 4.99 Å². The molecule has 0 aliphatic carbocycles. The van der Waals surface area contributed by atoms with Gasteiger partial charge in [0.2, 0.25) is 0 Å². The normalized spacial score (nSPS) is 15.7. The number of thiazole rings is 1. The van der Waals surface area contributed by atoms with Gasteiger partial charge in [-0.1, -0.05) is 18.2 Å². The Bertz CT molecular complexity index is 1270. The van der Waals surface area contributed by atoms with E-state index in [-0.39, 0.29) is 17.9 Å². The molecule has 2 aromatic carbocycles. The molecule has 1 fully saturated rings. The van der Waals surface area contributed by atoms with Crippen molar-refractivity contribution in [3.8, 4) is 11.5 Å². The van der Waals surface area contributed by atoms with E-state index in [1.807, 2.05) is 41.1 Å². The number of nitrogens with one attached hydrogen (secondary N) is 1. The number of aromatic nitrogens is 1. The van der Waals surface area contributed by atoms with Crippen LogP contribution in [-0.4, -0.2) is 49.9 Å². The average molecular weight is 496 g/mol. The predicted octanol–water partition coefficient (Wildman–Crippen LogP) is 3.57. The van der Waals surface area contributed by atoms with Gasteiger partial charge in [-0.25, -0.2) is 0 Å². The van der Waals surface area contributed by atoms with Crippen molar-refractivity contribution in [2.24, 2.45) is 4.99 Å². The molecule has 3 aromatic rings. The number of hydrogen-bond donors (Lipinski definition) is 1. The molecule has 0 spiro atoms. The molecule has 2 heterocycles. The van der Waals surface area contributed by atoms with Gasteiger partial charge >= 0.3 is 0 Å². The summed E-state index contributed by atoms with van der Waals surface area (Å²) in [5, 5.41) is 4.94. The molecule has 0 saturated carbocycles. The van der Waals surface area contributed by atoms with Crippen LogP contribution in [0.15, 0.2) is 52.8 Å². The van der Waals surface area contributed by atoms with E-state index in [0.29, 0.717) is 40.5 Å². The van der Waals surface area contributed by atoms with Gasteiger partial charge in [0.15, 0.2) is 16.3 Å². The van der Waals surface area contributed by atoms with Crippen molar-refractivity contribution < 1.29 is 23.8 Å². The molecule has 9 heteroatoms. The molecule has 184 valence electrons. The topological polar surface area (TPSA) is 91.2 Å². The molecular weight excluding hydrogens is 466 g/mol. The number of methoxy groups -OCH3 is 2. The monoisotopic (exact) mass is 495 g/mol. The maximum absolute atomic E-state index is 12.9. The molecule has 1 aliphatic rings. The van der Waals surface area contributed by atoms with Crippen molar-refractivity contribution in [1.29, 1.82) is 0 Å². The molecule has 0 bridgehead atoms. The van der Waals surface area contributed by atoms with Crippen LogP contribution in [0.5, 0.6) is 11.5 Å². The maximum Gasteiger partial charge on any atom is 0.279 e. The fraction of sp³-hybridized carbons (Fsp3) is 0.346. The van der Waals surface area contributed by atoms with Crippen LogP contribution < -0.4 is 19.6 Å². The lowest BCUT2D eigenvalue weighted by Crippen LogP contribution is -2.32. The maximum atomic E-state index is 12.9. The van der Waals surface area contributed by atoms with Crippen molar-refractivity contribution in [3.63, 3.8) is 0 Å². The Balaban J connectivity index is 1.57. The summed E-state index contributed by atoms with van der Waals surface area (Å²) in [5.74, 6) is 0.487. The number of nitrogens with zero attached hydrogens (tertiary/aromatic N) is 2. The zero-order chi connectivity index (χ0) is 24.8. The quantitative estimate of drug-likeness (QED) is 0.516. The molecule has 1 aromatic heterocycles. The molecule has 35 heavy (non-hydrogen) atoms. The summed E-state index contributed by atoms with van der Waals surface area (Å²) in [6, 6.07) is 12.4. The number of hydrogen-bond acceptors (Lipinski definition) is 6. The van der Waals surface area contributed by atoms with Crippen LogP contribution in [0.25, 0.3) is 0 Å². The van der Waals surface area contributed by atoms with E-state index in [9.17, 15) is 9.59 Å². The van der Waals surface area contributed by atoms with E-state index in [2.05, 4.69) is 10.3 Å². The second-order valence-electron chi connectivity index (χ2n) is 8.23. The van der Waals surface area contributed by atoms with E-state index >= 15 is 0 Å². The molecule has 8 nitrogen and oxygen atoms in total. The van der Waals surface area contributed by atoms with Crippen LogP contribution in [0.2, 0.25) is 0 Å². The van der Waals surface area contributed by atoms with Gasteiger partial charge in [-0.3, -0.25) is 9.59 Å². The number of carbonyl (C=O) groups excluding carboxylic acids is 2. The lowest BCUT2D eigenvalue weighted by atomic mass is 10.1. The van der Waals surface area contributed by atoms with Crippen molar-refractivity contribution in [2.45, 2.75) is 32.4 Å². The fourth-order valence-electron chi connectivity index (χ4n) is 3.97. The molecule has 1 N–H and O–H groups in total. The Morgan fingerprint density at radius 1 is 1.17 bits per heavy atom. The summed E-state index contributed by atoms with van der Waals surface area (Å²) >= 11 is 1.38. The Morgan fingerprint density at radius 3 is 2.71 bits per heavy atom. The zero-order valence-electron chi connectivity index (χ0n) is 20.1. The predicted molar refractivity (Wildman–Crippen MR) is 133 cm³/mol. The largest absolute Gasteiger partial charge is 0.493 e. The summed E-state index contributed by atoms with van der Waals surface area (Å²) in [7, 11) is 3.07. The number of aryl methyl sites for hydroxylation is 1. The summed E-state index contributed by atoms with van der Waals surface area (Å²) in [4.78, 5) is 30.8. The molecule has 1 atom stereocenters. The number of ether oxygens (including phenoxy) is 3. The van der Waals surface area contributed by atoms with E-state index in [1.54, 1.807) is 25.3 Å². The van der Waals surface area contributed by atoms with Gasteiger partial charge in [0.1, 0.15) is 0 Å². The average Bonchev–Trinajstić information content (AvgIpc) is 3.53. The number of amides is 2. The van der Waals surface area contributed by atoms with Gasteiger partial charge in [0.25, 0.3) is 11.8 Å². The first-order chi connectivity index (χ1) is 17.0. The smallest absolute Gasteiger partial charge is 0.279 e. The van der Waals surface area contributed by atoms with Crippen molar-refractivity contribution >= 4 is 23.2 Å². The highest BCUT2D eigenvalue weighted by Gasteiger charge is 2.18. The number of carbonyl (C=O) groups is 2. The van der Waals surface area contributed by atoms with E-state index in [1.165, 1.54) is 18.4 Å². The minimum atomic E-state index is -0.385. The van der Waals surface area contributed by atoms with Crippen molar-refractivity contribution in [2.75, 3.05) is 27.4 Å².